The molecule has 3 fully saturated rings. The number of pyridine rings is 1. The maximum absolute atomic E-state index is 6.27. The van der Waals surface area contributed by atoms with Crippen LogP contribution in [0.2, 0.25) is 5.15 Å². The van der Waals surface area contributed by atoms with E-state index in [4.69, 9.17) is 16.3 Å². The second kappa shape index (κ2) is 6.18. The zero-order valence-corrected chi connectivity index (χ0v) is 16.4. The first-order chi connectivity index (χ1) is 11.9. The van der Waals surface area contributed by atoms with E-state index < -0.39 is 0 Å². The molecular formula is C18H23ClN4OS. The number of hydrogen-bond donors (Lipinski definition) is 1. The summed E-state index contributed by atoms with van der Waals surface area (Å²) < 4.78 is 6.27. The Morgan fingerprint density at radius 1 is 1.24 bits per heavy atom. The third-order valence-corrected chi connectivity index (χ3v) is 6.67. The van der Waals surface area contributed by atoms with Crippen molar-refractivity contribution in [3.05, 3.63) is 22.4 Å². The Morgan fingerprint density at radius 2 is 2.00 bits per heavy atom. The van der Waals surface area contributed by atoms with Crippen molar-refractivity contribution < 1.29 is 4.74 Å². The number of fused-ring (bicyclic) bond motifs is 3. The lowest BCUT2D eigenvalue weighted by Gasteiger charge is -2.50. The molecule has 0 amide bonds. The van der Waals surface area contributed by atoms with E-state index in [-0.39, 0.29) is 5.60 Å². The fraction of sp³-hybridized carbons (Fsp3) is 0.611. The topological polar surface area (TPSA) is 59.9 Å². The number of anilines is 1. The van der Waals surface area contributed by atoms with Gasteiger partial charge >= 0.3 is 0 Å². The molecule has 2 aromatic heterocycles. The Labute approximate surface area is 157 Å². The highest BCUT2D eigenvalue weighted by Crippen LogP contribution is 2.54. The van der Waals surface area contributed by atoms with E-state index >= 15 is 0 Å². The first-order valence-corrected chi connectivity index (χ1v) is 9.99. The van der Waals surface area contributed by atoms with E-state index in [1.54, 1.807) is 17.5 Å². The fourth-order valence-electron chi connectivity index (χ4n) is 3.68. The molecule has 2 aromatic rings. The van der Waals surface area contributed by atoms with Crippen LogP contribution in [0.1, 0.15) is 51.5 Å². The van der Waals surface area contributed by atoms with Crippen LogP contribution >= 0.6 is 22.9 Å². The van der Waals surface area contributed by atoms with Crippen molar-refractivity contribution >= 4 is 28.6 Å². The molecule has 1 aliphatic carbocycles. The third kappa shape index (κ3) is 3.15. The van der Waals surface area contributed by atoms with Crippen LogP contribution in [0.3, 0.4) is 0 Å². The van der Waals surface area contributed by atoms with Gasteiger partial charge in [-0.15, -0.1) is 10.2 Å². The van der Waals surface area contributed by atoms with E-state index in [1.807, 2.05) is 6.07 Å². The maximum Gasteiger partial charge on any atom is 0.151 e. The number of nitrogens with one attached hydrogen (secondary N) is 1. The summed E-state index contributed by atoms with van der Waals surface area (Å²) in [6.07, 6.45) is 6.24. The predicted octanol–water partition coefficient (Wildman–Crippen LogP) is 4.88. The lowest BCUT2D eigenvalue weighted by atomic mass is 9.67. The number of halogens is 1. The van der Waals surface area contributed by atoms with Gasteiger partial charge in [-0.05, 0) is 51.0 Å². The Balaban J connectivity index is 1.66. The summed E-state index contributed by atoms with van der Waals surface area (Å²) in [5.41, 5.74) is 1.99. The van der Waals surface area contributed by atoms with Gasteiger partial charge in [0.15, 0.2) is 5.01 Å². The van der Waals surface area contributed by atoms with Gasteiger partial charge in [0.2, 0.25) is 0 Å². The standard InChI is InChI=1S/C18H23ClN4OS/c1-11(2)21-13-8-14(19)20-9-12(13)15-22-23-16(25-15)18-6-4-17(3,5-7-18)10-24-18/h8-9,11H,4-7,10H2,1-3H3,(H,20,21). The van der Waals surface area contributed by atoms with Crippen LogP contribution < -0.4 is 5.32 Å². The van der Waals surface area contributed by atoms with E-state index in [0.717, 1.165) is 40.7 Å². The minimum absolute atomic E-state index is 0.237. The Kier molecular flexibility index (Phi) is 4.25. The number of ether oxygens (including phenoxy) is 1. The van der Waals surface area contributed by atoms with Crippen LogP contribution in [0.5, 0.6) is 0 Å². The average Bonchev–Trinajstić information content (AvgIpc) is 3.06. The zero-order chi connectivity index (χ0) is 17.7. The largest absolute Gasteiger partial charge is 0.382 e. The van der Waals surface area contributed by atoms with Gasteiger partial charge in [0.25, 0.3) is 0 Å². The summed E-state index contributed by atoms with van der Waals surface area (Å²) >= 11 is 7.69. The van der Waals surface area contributed by atoms with Crippen LogP contribution in [0.25, 0.3) is 10.6 Å². The molecule has 0 unspecified atom stereocenters. The quantitative estimate of drug-likeness (QED) is 0.768. The summed E-state index contributed by atoms with van der Waals surface area (Å²) in [6.45, 7) is 7.34. The highest BCUT2D eigenvalue weighted by Gasteiger charge is 2.50. The van der Waals surface area contributed by atoms with Crippen molar-refractivity contribution in [2.24, 2.45) is 5.41 Å². The molecule has 4 heterocycles. The second-order valence-electron chi connectivity index (χ2n) is 7.86. The average molecular weight is 379 g/mol. The lowest BCUT2D eigenvalue weighted by molar-refractivity contribution is -0.183. The molecule has 1 saturated carbocycles. The van der Waals surface area contributed by atoms with Crippen molar-refractivity contribution in [2.45, 2.75) is 58.1 Å². The van der Waals surface area contributed by atoms with Crippen molar-refractivity contribution in [3.8, 4) is 10.6 Å². The summed E-state index contributed by atoms with van der Waals surface area (Å²) in [7, 11) is 0. The van der Waals surface area contributed by atoms with Gasteiger partial charge in [-0.3, -0.25) is 0 Å². The highest BCUT2D eigenvalue weighted by atomic mass is 35.5. The first kappa shape index (κ1) is 17.2. The van der Waals surface area contributed by atoms with Crippen LogP contribution in [0.4, 0.5) is 5.69 Å². The van der Waals surface area contributed by atoms with Crippen molar-refractivity contribution in [3.63, 3.8) is 0 Å². The Morgan fingerprint density at radius 3 is 2.64 bits per heavy atom. The van der Waals surface area contributed by atoms with Gasteiger partial charge < -0.3 is 10.1 Å². The molecule has 3 aliphatic rings. The normalized spacial score (nSPS) is 28.5. The smallest absolute Gasteiger partial charge is 0.151 e. The molecule has 0 radical (unpaired) electrons. The lowest BCUT2D eigenvalue weighted by Crippen LogP contribution is -2.47. The molecule has 25 heavy (non-hydrogen) atoms. The molecule has 134 valence electrons. The molecule has 2 bridgehead atoms. The summed E-state index contributed by atoms with van der Waals surface area (Å²) in [4.78, 5) is 4.23. The van der Waals surface area contributed by atoms with Crippen LogP contribution in [0, 0.1) is 5.41 Å². The van der Waals surface area contributed by atoms with Gasteiger partial charge in [0.1, 0.15) is 15.8 Å². The monoisotopic (exact) mass is 378 g/mol. The van der Waals surface area contributed by atoms with E-state index in [0.29, 0.717) is 16.6 Å². The molecule has 1 N–H and O–H groups in total. The van der Waals surface area contributed by atoms with Crippen LogP contribution in [-0.4, -0.2) is 27.8 Å². The summed E-state index contributed by atoms with van der Waals surface area (Å²) in [6, 6.07) is 2.14. The van der Waals surface area contributed by atoms with Gasteiger partial charge in [0, 0.05) is 17.9 Å². The number of aromatic nitrogens is 3. The molecule has 5 nitrogen and oxygen atoms in total. The number of hydrogen-bond acceptors (Lipinski definition) is 6. The van der Waals surface area contributed by atoms with E-state index in [2.05, 4.69) is 41.3 Å². The minimum Gasteiger partial charge on any atom is -0.382 e. The van der Waals surface area contributed by atoms with Crippen molar-refractivity contribution in [1.82, 2.24) is 15.2 Å². The van der Waals surface area contributed by atoms with Crippen LogP contribution in [-0.2, 0) is 10.3 Å². The van der Waals surface area contributed by atoms with Crippen molar-refractivity contribution in [1.29, 1.82) is 0 Å². The van der Waals surface area contributed by atoms with Gasteiger partial charge in [0.05, 0.1) is 12.2 Å². The molecule has 2 aliphatic heterocycles. The van der Waals surface area contributed by atoms with Crippen molar-refractivity contribution in [2.75, 3.05) is 11.9 Å². The van der Waals surface area contributed by atoms with E-state index in [9.17, 15) is 0 Å². The molecule has 0 atom stereocenters. The zero-order valence-electron chi connectivity index (χ0n) is 14.8. The molecule has 0 spiro atoms. The number of nitrogens with zero attached hydrogens (tertiary/aromatic N) is 3. The van der Waals surface area contributed by atoms with Gasteiger partial charge in [-0.1, -0.05) is 29.9 Å². The minimum atomic E-state index is -0.237. The van der Waals surface area contributed by atoms with Gasteiger partial charge in [-0.25, -0.2) is 4.98 Å². The highest BCUT2D eigenvalue weighted by molar-refractivity contribution is 7.14. The molecule has 5 rings (SSSR count). The maximum atomic E-state index is 6.27. The molecule has 7 heteroatoms. The summed E-state index contributed by atoms with van der Waals surface area (Å²) in [5.74, 6) is 0. The molecule has 0 aromatic carbocycles. The van der Waals surface area contributed by atoms with E-state index in [1.165, 1.54) is 12.8 Å². The Hall–Kier alpha value is -1.24. The second-order valence-corrected chi connectivity index (χ2v) is 9.22. The fourth-order valence-corrected chi connectivity index (χ4v) is 4.91. The first-order valence-electron chi connectivity index (χ1n) is 8.80. The SMILES string of the molecule is CC(C)Nc1cc(Cl)ncc1-c1nnc(C23CCC(C)(CC2)CO3)s1. The molecule has 2 saturated heterocycles. The van der Waals surface area contributed by atoms with Crippen LogP contribution in [0.15, 0.2) is 12.3 Å². The summed E-state index contributed by atoms with van der Waals surface area (Å²) in [5, 5.41) is 14.7. The predicted molar refractivity (Wildman–Crippen MR) is 101 cm³/mol. The number of rotatable bonds is 4. The Bertz CT molecular complexity index is 767. The third-order valence-electron chi connectivity index (χ3n) is 5.32. The van der Waals surface area contributed by atoms with Gasteiger partial charge in [-0.2, -0.15) is 0 Å². The molecular weight excluding hydrogens is 356 g/mol.